The Morgan fingerprint density at radius 3 is 2.78 bits per heavy atom. The van der Waals surface area contributed by atoms with Gasteiger partial charge in [-0.3, -0.25) is 4.99 Å². The maximum absolute atomic E-state index is 11.9. The van der Waals surface area contributed by atoms with Gasteiger partial charge in [-0.1, -0.05) is 12.1 Å². The Kier molecular flexibility index (Phi) is 8.31. The Balaban J connectivity index is 1.70. The van der Waals surface area contributed by atoms with Gasteiger partial charge in [0.15, 0.2) is 5.96 Å². The average molecular weight is 394 g/mol. The van der Waals surface area contributed by atoms with Gasteiger partial charge >= 0.3 is 0 Å². The molecule has 1 aromatic heterocycles. The van der Waals surface area contributed by atoms with E-state index in [1.54, 1.807) is 31.5 Å². The maximum Gasteiger partial charge on any atom is 0.240 e. The molecule has 0 amide bonds. The molecule has 0 aliphatic rings. The lowest BCUT2D eigenvalue weighted by Crippen LogP contribution is -2.37. The standard InChI is InChI=1S/C18H26N4O4S/c1-19-18(21-9-5-10-25-14-16-7-4-11-26-16)22-13-15-6-3-8-17(12-15)27(23,24)20-2/h3-4,6-8,11-12,20H,5,9-10,13-14H2,1-2H3,(H2,19,21,22). The molecule has 1 aromatic carbocycles. The summed E-state index contributed by atoms with van der Waals surface area (Å²) in [6.07, 6.45) is 2.44. The predicted molar refractivity (Wildman–Crippen MR) is 104 cm³/mol. The molecule has 3 N–H and O–H groups in total. The highest BCUT2D eigenvalue weighted by atomic mass is 32.2. The van der Waals surface area contributed by atoms with Crippen LogP contribution < -0.4 is 15.4 Å². The minimum absolute atomic E-state index is 0.237. The first kappa shape index (κ1) is 20.9. The third-order valence-electron chi connectivity index (χ3n) is 3.74. The number of nitrogens with one attached hydrogen (secondary N) is 3. The highest BCUT2D eigenvalue weighted by Gasteiger charge is 2.11. The van der Waals surface area contributed by atoms with Gasteiger partial charge < -0.3 is 19.8 Å². The first-order valence-corrected chi connectivity index (χ1v) is 10.1. The van der Waals surface area contributed by atoms with Crippen LogP contribution in [0.3, 0.4) is 0 Å². The van der Waals surface area contributed by atoms with Gasteiger partial charge in [0.25, 0.3) is 0 Å². The van der Waals surface area contributed by atoms with Crippen LogP contribution in [0.1, 0.15) is 17.7 Å². The fourth-order valence-corrected chi connectivity index (χ4v) is 3.10. The average Bonchev–Trinajstić information content (AvgIpc) is 3.20. The molecule has 0 spiro atoms. The maximum atomic E-state index is 11.9. The van der Waals surface area contributed by atoms with Crippen molar-refractivity contribution in [3.8, 4) is 0 Å². The van der Waals surface area contributed by atoms with E-state index in [1.807, 2.05) is 18.2 Å². The summed E-state index contributed by atoms with van der Waals surface area (Å²) in [5.41, 5.74) is 0.844. The number of hydrogen-bond acceptors (Lipinski definition) is 5. The number of furan rings is 1. The third-order valence-corrected chi connectivity index (χ3v) is 5.16. The van der Waals surface area contributed by atoms with Crippen LogP contribution in [0, 0.1) is 0 Å². The number of nitrogens with zero attached hydrogens (tertiary/aromatic N) is 1. The van der Waals surface area contributed by atoms with E-state index in [4.69, 9.17) is 9.15 Å². The Morgan fingerprint density at radius 1 is 1.22 bits per heavy atom. The fourth-order valence-electron chi connectivity index (χ4n) is 2.30. The number of benzene rings is 1. The monoisotopic (exact) mass is 394 g/mol. The molecule has 2 rings (SSSR count). The summed E-state index contributed by atoms with van der Waals surface area (Å²) in [4.78, 5) is 4.39. The van der Waals surface area contributed by atoms with Crippen LogP contribution in [0.15, 0.2) is 57.0 Å². The molecule has 0 saturated carbocycles. The Hall–Kier alpha value is -2.36. The van der Waals surface area contributed by atoms with Gasteiger partial charge in [-0.25, -0.2) is 13.1 Å². The van der Waals surface area contributed by atoms with E-state index in [0.717, 1.165) is 17.7 Å². The molecule has 0 fully saturated rings. The van der Waals surface area contributed by atoms with Crippen LogP contribution in [0.25, 0.3) is 0 Å². The molecule has 0 saturated heterocycles. The second-order valence-corrected chi connectivity index (χ2v) is 7.58. The molecule has 9 heteroatoms. The first-order valence-electron chi connectivity index (χ1n) is 8.62. The lowest BCUT2D eigenvalue weighted by Gasteiger charge is -2.12. The van der Waals surface area contributed by atoms with Crippen molar-refractivity contribution in [2.45, 2.75) is 24.5 Å². The summed E-state index contributed by atoms with van der Waals surface area (Å²) in [5, 5.41) is 6.36. The summed E-state index contributed by atoms with van der Waals surface area (Å²) in [7, 11) is -0.370. The third kappa shape index (κ3) is 7.05. The molecule has 2 aromatic rings. The summed E-state index contributed by atoms with van der Waals surface area (Å²) in [5.74, 6) is 1.45. The van der Waals surface area contributed by atoms with Gasteiger partial charge in [0, 0.05) is 26.7 Å². The molecule has 27 heavy (non-hydrogen) atoms. The molecule has 0 radical (unpaired) electrons. The molecular formula is C18H26N4O4S. The summed E-state index contributed by atoms with van der Waals surface area (Å²) >= 11 is 0. The zero-order valence-corrected chi connectivity index (χ0v) is 16.4. The SMILES string of the molecule is CN=C(NCCCOCc1ccco1)NCc1cccc(S(=O)(=O)NC)c1. The Morgan fingerprint density at radius 2 is 2.07 bits per heavy atom. The zero-order chi connectivity index (χ0) is 19.5. The normalized spacial score (nSPS) is 12.1. The van der Waals surface area contributed by atoms with Crippen LogP contribution in [0.5, 0.6) is 0 Å². The lowest BCUT2D eigenvalue weighted by atomic mass is 10.2. The van der Waals surface area contributed by atoms with Gasteiger partial charge in [0.2, 0.25) is 10.0 Å². The van der Waals surface area contributed by atoms with Crippen LogP contribution in [-0.4, -0.2) is 41.6 Å². The Bertz CT molecular complexity index is 820. The van der Waals surface area contributed by atoms with Crippen molar-refractivity contribution in [1.29, 1.82) is 0 Å². The summed E-state index contributed by atoms with van der Waals surface area (Å²) in [6.45, 7) is 2.23. The molecule has 0 aliphatic carbocycles. The highest BCUT2D eigenvalue weighted by molar-refractivity contribution is 7.89. The van der Waals surface area contributed by atoms with Gasteiger partial charge in [0.1, 0.15) is 12.4 Å². The number of hydrogen-bond donors (Lipinski definition) is 3. The minimum Gasteiger partial charge on any atom is -0.467 e. The van der Waals surface area contributed by atoms with E-state index in [1.165, 1.54) is 7.05 Å². The van der Waals surface area contributed by atoms with E-state index >= 15 is 0 Å². The van der Waals surface area contributed by atoms with Crippen molar-refractivity contribution in [3.63, 3.8) is 0 Å². The highest BCUT2D eigenvalue weighted by Crippen LogP contribution is 2.10. The molecule has 0 atom stereocenters. The van der Waals surface area contributed by atoms with Gasteiger partial charge in [0.05, 0.1) is 11.2 Å². The van der Waals surface area contributed by atoms with Crippen LogP contribution >= 0.6 is 0 Å². The van der Waals surface area contributed by atoms with Crippen molar-refractivity contribution in [2.75, 3.05) is 27.2 Å². The quantitative estimate of drug-likeness (QED) is 0.320. The zero-order valence-electron chi connectivity index (χ0n) is 15.6. The van der Waals surface area contributed by atoms with Gasteiger partial charge in [-0.05, 0) is 43.3 Å². The number of ether oxygens (including phenoxy) is 1. The summed E-state index contributed by atoms with van der Waals surface area (Å²) in [6, 6.07) is 10.5. The first-order chi connectivity index (χ1) is 13.0. The molecule has 0 bridgehead atoms. The van der Waals surface area contributed by atoms with Crippen LogP contribution in [0.4, 0.5) is 0 Å². The van der Waals surface area contributed by atoms with Gasteiger partial charge in [-0.15, -0.1) is 0 Å². The lowest BCUT2D eigenvalue weighted by molar-refractivity contribution is 0.105. The molecule has 0 aliphatic heterocycles. The number of sulfonamides is 1. The van der Waals surface area contributed by atoms with Crippen LogP contribution in [-0.2, 0) is 27.9 Å². The van der Waals surface area contributed by atoms with E-state index in [0.29, 0.717) is 32.3 Å². The molecule has 0 unspecified atom stereocenters. The van der Waals surface area contributed by atoms with E-state index in [2.05, 4.69) is 20.3 Å². The van der Waals surface area contributed by atoms with E-state index < -0.39 is 10.0 Å². The van der Waals surface area contributed by atoms with Crippen molar-refractivity contribution in [3.05, 3.63) is 54.0 Å². The van der Waals surface area contributed by atoms with Crippen LogP contribution in [0.2, 0.25) is 0 Å². The van der Waals surface area contributed by atoms with E-state index in [-0.39, 0.29) is 4.90 Å². The number of guanidine groups is 1. The van der Waals surface area contributed by atoms with Crippen molar-refractivity contribution >= 4 is 16.0 Å². The number of rotatable bonds is 10. The fraction of sp³-hybridized carbons (Fsp3) is 0.389. The Labute approximate surface area is 160 Å². The van der Waals surface area contributed by atoms with E-state index in [9.17, 15) is 8.42 Å². The van der Waals surface area contributed by atoms with Crippen molar-refractivity contribution in [1.82, 2.24) is 15.4 Å². The molecule has 148 valence electrons. The molecular weight excluding hydrogens is 368 g/mol. The largest absolute Gasteiger partial charge is 0.467 e. The van der Waals surface area contributed by atoms with Crippen molar-refractivity contribution in [2.24, 2.45) is 4.99 Å². The second-order valence-electron chi connectivity index (χ2n) is 5.69. The predicted octanol–water partition coefficient (Wildman–Crippen LogP) is 1.46. The number of aliphatic imine (C=N–C) groups is 1. The topological polar surface area (TPSA) is 105 Å². The summed E-state index contributed by atoms with van der Waals surface area (Å²) < 4.78 is 36.8. The van der Waals surface area contributed by atoms with Gasteiger partial charge in [-0.2, -0.15) is 0 Å². The minimum atomic E-state index is -3.45. The second kappa shape index (κ2) is 10.7. The smallest absolute Gasteiger partial charge is 0.240 e. The van der Waals surface area contributed by atoms with Crippen molar-refractivity contribution < 1.29 is 17.6 Å². The molecule has 1 heterocycles. The molecule has 8 nitrogen and oxygen atoms in total.